The van der Waals surface area contributed by atoms with Crippen molar-refractivity contribution in [2.75, 3.05) is 42.9 Å². The molecule has 2 aliphatic heterocycles. The lowest BCUT2D eigenvalue weighted by atomic mass is 10.1. The van der Waals surface area contributed by atoms with Crippen molar-refractivity contribution in [2.45, 2.75) is 44.9 Å². The number of rotatable bonds is 5. The molecule has 126 valence electrons. The maximum atomic E-state index is 12.1. The summed E-state index contributed by atoms with van der Waals surface area (Å²) in [5.74, 6) is 0.294. The summed E-state index contributed by atoms with van der Waals surface area (Å²) in [5, 5.41) is 3.38. The molecule has 0 unspecified atom stereocenters. The largest absolute Gasteiger partial charge is 0.385 e. The molecule has 0 aromatic heterocycles. The quantitative estimate of drug-likeness (QED) is 0.903. The van der Waals surface area contributed by atoms with E-state index in [1.807, 2.05) is 4.90 Å². The van der Waals surface area contributed by atoms with Gasteiger partial charge in [-0.25, -0.2) is 0 Å². The summed E-state index contributed by atoms with van der Waals surface area (Å²) >= 11 is 0. The van der Waals surface area contributed by atoms with Crippen LogP contribution in [0.5, 0.6) is 0 Å². The lowest BCUT2D eigenvalue weighted by Gasteiger charge is -2.29. The normalized spacial score (nSPS) is 18.8. The van der Waals surface area contributed by atoms with Crippen LogP contribution in [0.4, 0.5) is 11.4 Å². The summed E-state index contributed by atoms with van der Waals surface area (Å²) in [5.41, 5.74) is 2.43. The van der Waals surface area contributed by atoms with Crippen molar-refractivity contribution >= 4 is 17.3 Å². The smallest absolute Gasteiger partial charge is 0.224 e. The van der Waals surface area contributed by atoms with E-state index in [1.54, 1.807) is 0 Å². The van der Waals surface area contributed by atoms with Crippen molar-refractivity contribution in [3.8, 4) is 0 Å². The second-order valence-electron chi connectivity index (χ2n) is 6.71. The van der Waals surface area contributed by atoms with Gasteiger partial charge in [0.25, 0.3) is 0 Å². The van der Waals surface area contributed by atoms with Crippen LogP contribution >= 0.6 is 0 Å². The first-order valence-corrected chi connectivity index (χ1v) is 9.19. The number of nitrogens with zero attached hydrogens (tertiary/aromatic N) is 2. The molecule has 0 radical (unpaired) electrons. The standard InChI is InChI=1S/C19H29N3O/c23-19(22-15-5-2-6-16-22)11-12-20-17-7-9-18(10-8-17)21-13-3-1-4-14-21/h7-10,20H,1-6,11-16H2. The summed E-state index contributed by atoms with van der Waals surface area (Å²) in [7, 11) is 0. The zero-order chi connectivity index (χ0) is 15.9. The number of likely N-dealkylation sites (tertiary alicyclic amines) is 1. The van der Waals surface area contributed by atoms with Gasteiger partial charge in [0.15, 0.2) is 0 Å². The lowest BCUT2D eigenvalue weighted by molar-refractivity contribution is -0.131. The van der Waals surface area contributed by atoms with Gasteiger partial charge in [0.1, 0.15) is 0 Å². The van der Waals surface area contributed by atoms with Crippen LogP contribution in [0, 0.1) is 0 Å². The van der Waals surface area contributed by atoms with Crippen LogP contribution in [-0.2, 0) is 4.79 Å². The highest BCUT2D eigenvalue weighted by atomic mass is 16.2. The predicted molar refractivity (Wildman–Crippen MR) is 96.0 cm³/mol. The molecular weight excluding hydrogens is 286 g/mol. The summed E-state index contributed by atoms with van der Waals surface area (Å²) < 4.78 is 0. The predicted octanol–water partition coefficient (Wildman–Crippen LogP) is 3.49. The highest BCUT2D eigenvalue weighted by molar-refractivity contribution is 5.76. The fourth-order valence-corrected chi connectivity index (χ4v) is 3.56. The molecule has 1 aromatic rings. The molecule has 2 saturated heterocycles. The number of hydrogen-bond donors (Lipinski definition) is 1. The van der Waals surface area contributed by atoms with Crippen LogP contribution < -0.4 is 10.2 Å². The molecule has 1 N–H and O–H groups in total. The molecule has 2 fully saturated rings. The van der Waals surface area contributed by atoms with Crippen LogP contribution in [-0.4, -0.2) is 43.5 Å². The Kier molecular flexibility index (Phi) is 5.78. The van der Waals surface area contributed by atoms with E-state index in [4.69, 9.17) is 0 Å². The van der Waals surface area contributed by atoms with Gasteiger partial charge in [-0.1, -0.05) is 0 Å². The van der Waals surface area contributed by atoms with Crippen molar-refractivity contribution in [3.63, 3.8) is 0 Å². The molecular formula is C19H29N3O. The Morgan fingerprint density at radius 3 is 2.13 bits per heavy atom. The van der Waals surface area contributed by atoms with E-state index in [9.17, 15) is 4.79 Å². The topological polar surface area (TPSA) is 35.6 Å². The van der Waals surface area contributed by atoms with Crippen LogP contribution in [0.25, 0.3) is 0 Å². The van der Waals surface area contributed by atoms with E-state index in [2.05, 4.69) is 34.5 Å². The number of anilines is 2. The Hall–Kier alpha value is -1.71. The number of carbonyl (C=O) groups excluding carboxylic acids is 1. The van der Waals surface area contributed by atoms with Gasteiger partial charge >= 0.3 is 0 Å². The lowest BCUT2D eigenvalue weighted by Crippen LogP contribution is -2.36. The molecule has 1 aromatic carbocycles. The van der Waals surface area contributed by atoms with Crippen LogP contribution in [0.3, 0.4) is 0 Å². The molecule has 0 aliphatic carbocycles. The maximum Gasteiger partial charge on any atom is 0.224 e. The van der Waals surface area contributed by atoms with E-state index in [0.29, 0.717) is 12.3 Å². The average Bonchev–Trinajstić information content (AvgIpc) is 2.64. The van der Waals surface area contributed by atoms with E-state index >= 15 is 0 Å². The number of piperidine rings is 2. The fraction of sp³-hybridized carbons (Fsp3) is 0.632. The maximum absolute atomic E-state index is 12.1. The van der Waals surface area contributed by atoms with Crippen molar-refractivity contribution in [1.82, 2.24) is 4.90 Å². The Balaban J connectivity index is 1.42. The van der Waals surface area contributed by atoms with Crippen molar-refractivity contribution in [3.05, 3.63) is 24.3 Å². The first-order chi connectivity index (χ1) is 11.3. The molecule has 4 nitrogen and oxygen atoms in total. The van der Waals surface area contributed by atoms with E-state index in [0.717, 1.165) is 38.2 Å². The fourth-order valence-electron chi connectivity index (χ4n) is 3.56. The molecule has 23 heavy (non-hydrogen) atoms. The molecule has 1 amide bonds. The van der Waals surface area contributed by atoms with Crippen molar-refractivity contribution in [2.24, 2.45) is 0 Å². The minimum absolute atomic E-state index is 0.294. The van der Waals surface area contributed by atoms with Crippen molar-refractivity contribution < 1.29 is 4.79 Å². The Labute approximate surface area is 139 Å². The first kappa shape index (κ1) is 16.2. The Bertz CT molecular complexity index is 488. The molecule has 0 atom stereocenters. The van der Waals surface area contributed by atoms with E-state index in [-0.39, 0.29) is 0 Å². The number of benzene rings is 1. The van der Waals surface area contributed by atoms with Gasteiger partial charge in [-0.3, -0.25) is 4.79 Å². The van der Waals surface area contributed by atoms with Crippen LogP contribution in [0.1, 0.15) is 44.9 Å². The molecule has 0 bridgehead atoms. The third-order valence-electron chi connectivity index (χ3n) is 4.97. The number of carbonyl (C=O) groups is 1. The highest BCUT2D eigenvalue weighted by Crippen LogP contribution is 2.21. The molecule has 0 saturated carbocycles. The molecule has 2 aliphatic rings. The molecule has 4 heteroatoms. The van der Waals surface area contributed by atoms with Gasteiger partial charge in [-0.15, -0.1) is 0 Å². The zero-order valence-electron chi connectivity index (χ0n) is 14.1. The molecule has 2 heterocycles. The second kappa shape index (κ2) is 8.23. The van der Waals surface area contributed by atoms with Gasteiger partial charge < -0.3 is 15.1 Å². The van der Waals surface area contributed by atoms with Gasteiger partial charge in [0.05, 0.1) is 0 Å². The number of amides is 1. The third kappa shape index (κ3) is 4.63. The van der Waals surface area contributed by atoms with E-state index < -0.39 is 0 Å². The molecule has 3 rings (SSSR count). The van der Waals surface area contributed by atoms with Crippen LogP contribution in [0.15, 0.2) is 24.3 Å². The first-order valence-electron chi connectivity index (χ1n) is 9.19. The summed E-state index contributed by atoms with van der Waals surface area (Å²) in [6.07, 6.45) is 8.16. The number of nitrogens with one attached hydrogen (secondary N) is 1. The molecule has 0 spiro atoms. The minimum Gasteiger partial charge on any atom is -0.385 e. The third-order valence-corrected chi connectivity index (χ3v) is 4.97. The summed E-state index contributed by atoms with van der Waals surface area (Å²) in [4.78, 5) is 16.6. The highest BCUT2D eigenvalue weighted by Gasteiger charge is 2.15. The monoisotopic (exact) mass is 315 g/mol. The van der Waals surface area contributed by atoms with Crippen molar-refractivity contribution in [1.29, 1.82) is 0 Å². The Morgan fingerprint density at radius 1 is 0.870 bits per heavy atom. The summed E-state index contributed by atoms with van der Waals surface area (Å²) in [6, 6.07) is 8.66. The Morgan fingerprint density at radius 2 is 1.48 bits per heavy atom. The zero-order valence-corrected chi connectivity index (χ0v) is 14.1. The number of hydrogen-bond acceptors (Lipinski definition) is 3. The summed E-state index contributed by atoms with van der Waals surface area (Å²) in [6.45, 7) is 4.97. The van der Waals surface area contributed by atoms with Gasteiger partial charge in [-0.05, 0) is 62.8 Å². The van der Waals surface area contributed by atoms with E-state index in [1.165, 1.54) is 44.5 Å². The van der Waals surface area contributed by atoms with Gasteiger partial charge in [0.2, 0.25) is 5.91 Å². The SMILES string of the molecule is O=C(CCNc1ccc(N2CCCCC2)cc1)N1CCCCC1. The average molecular weight is 315 g/mol. The van der Waals surface area contributed by atoms with Crippen LogP contribution in [0.2, 0.25) is 0 Å². The second-order valence-corrected chi connectivity index (χ2v) is 6.71. The van der Waals surface area contributed by atoms with Gasteiger partial charge in [0, 0.05) is 50.5 Å². The van der Waals surface area contributed by atoms with Gasteiger partial charge in [-0.2, -0.15) is 0 Å². The minimum atomic E-state index is 0.294.